The first-order valence-electron chi connectivity index (χ1n) is 6.51. The average molecular weight is 277 g/mol. The molecular formula is C13H27NO3S. The fraction of sp³-hybridized carbons (Fsp3) is 1.00. The lowest BCUT2D eigenvalue weighted by Gasteiger charge is -2.39. The number of rotatable bonds is 5. The Morgan fingerprint density at radius 3 is 1.94 bits per heavy atom. The van der Waals surface area contributed by atoms with E-state index in [1.807, 2.05) is 20.8 Å². The summed E-state index contributed by atoms with van der Waals surface area (Å²) in [6.07, 6.45) is 0.510. The summed E-state index contributed by atoms with van der Waals surface area (Å²) in [5, 5.41) is 13.0. The Balaban J connectivity index is 3.16. The molecule has 4 nitrogen and oxygen atoms in total. The molecule has 5 heteroatoms. The van der Waals surface area contributed by atoms with Crippen LogP contribution in [-0.2, 0) is 9.84 Å². The molecule has 18 heavy (non-hydrogen) atoms. The van der Waals surface area contributed by atoms with Gasteiger partial charge in [0.2, 0.25) is 0 Å². The minimum atomic E-state index is -3.40. The molecule has 2 N–H and O–H groups in total. The number of hydrogen-bond donors (Lipinski definition) is 2. The maximum absolute atomic E-state index is 12.9. The van der Waals surface area contributed by atoms with Crippen LogP contribution in [0.4, 0.5) is 0 Å². The first-order chi connectivity index (χ1) is 7.94. The topological polar surface area (TPSA) is 66.4 Å². The summed E-state index contributed by atoms with van der Waals surface area (Å²) in [4.78, 5) is 0. The van der Waals surface area contributed by atoms with E-state index < -0.39 is 25.4 Å². The van der Waals surface area contributed by atoms with Crippen LogP contribution in [0.5, 0.6) is 0 Å². The molecule has 0 radical (unpaired) electrons. The number of aliphatic hydroxyl groups excluding tert-OH is 1. The Morgan fingerprint density at radius 1 is 1.22 bits per heavy atom. The van der Waals surface area contributed by atoms with Gasteiger partial charge in [0.25, 0.3) is 0 Å². The largest absolute Gasteiger partial charge is 0.390 e. The van der Waals surface area contributed by atoms with Crippen molar-refractivity contribution in [2.45, 2.75) is 63.1 Å². The van der Waals surface area contributed by atoms with Crippen LogP contribution in [0, 0.1) is 5.41 Å². The molecule has 0 saturated heterocycles. The Hall–Kier alpha value is -0.130. The van der Waals surface area contributed by atoms with Crippen LogP contribution < -0.4 is 5.32 Å². The molecule has 108 valence electrons. The molecular weight excluding hydrogens is 250 g/mol. The third kappa shape index (κ3) is 2.10. The van der Waals surface area contributed by atoms with Crippen LogP contribution in [0.25, 0.3) is 0 Å². The first-order valence-corrected chi connectivity index (χ1v) is 7.99. The lowest BCUT2D eigenvalue weighted by molar-refractivity contribution is 0.135. The molecule has 1 atom stereocenters. The van der Waals surface area contributed by atoms with E-state index in [4.69, 9.17) is 0 Å². The highest BCUT2D eigenvalue weighted by Crippen LogP contribution is 2.58. The molecule has 1 aliphatic rings. The van der Waals surface area contributed by atoms with E-state index in [0.717, 1.165) is 0 Å². The van der Waals surface area contributed by atoms with E-state index in [9.17, 15) is 13.5 Å². The predicted octanol–water partition coefficient (Wildman–Crippen LogP) is 1.34. The van der Waals surface area contributed by atoms with E-state index in [0.29, 0.717) is 12.8 Å². The smallest absolute Gasteiger partial charge is 0.164 e. The van der Waals surface area contributed by atoms with Gasteiger partial charge in [0.1, 0.15) is 0 Å². The zero-order valence-electron chi connectivity index (χ0n) is 12.4. The highest BCUT2D eigenvalue weighted by atomic mass is 32.2. The van der Waals surface area contributed by atoms with Crippen LogP contribution in [0.3, 0.4) is 0 Å². The number of sulfone groups is 1. The molecule has 0 spiro atoms. The number of nitrogens with one attached hydrogen (secondary N) is 1. The van der Waals surface area contributed by atoms with Crippen LogP contribution in [0.15, 0.2) is 0 Å². The second-order valence-electron chi connectivity index (χ2n) is 6.92. The van der Waals surface area contributed by atoms with E-state index in [2.05, 4.69) is 5.32 Å². The van der Waals surface area contributed by atoms with Gasteiger partial charge in [0, 0.05) is 6.54 Å². The maximum Gasteiger partial charge on any atom is 0.164 e. The van der Waals surface area contributed by atoms with Crippen molar-refractivity contribution in [1.82, 2.24) is 5.32 Å². The maximum atomic E-state index is 12.9. The quantitative estimate of drug-likeness (QED) is 0.796. The second kappa shape index (κ2) is 4.46. The normalized spacial score (nSPS) is 21.7. The molecule has 1 saturated carbocycles. The van der Waals surface area contributed by atoms with Crippen molar-refractivity contribution >= 4 is 9.84 Å². The lowest BCUT2D eigenvalue weighted by atomic mass is 9.89. The van der Waals surface area contributed by atoms with E-state index in [1.54, 1.807) is 20.9 Å². The summed E-state index contributed by atoms with van der Waals surface area (Å²) in [5.41, 5.74) is -0.289. The lowest BCUT2D eigenvalue weighted by Crippen LogP contribution is -2.55. The summed E-state index contributed by atoms with van der Waals surface area (Å²) in [5.74, 6) is 0. The third-order valence-electron chi connectivity index (χ3n) is 4.48. The Morgan fingerprint density at radius 2 is 1.67 bits per heavy atom. The molecule has 0 aliphatic heterocycles. The molecule has 0 amide bonds. The van der Waals surface area contributed by atoms with Crippen molar-refractivity contribution in [2.75, 3.05) is 13.6 Å². The monoisotopic (exact) mass is 277 g/mol. The fourth-order valence-corrected chi connectivity index (χ4v) is 5.55. The van der Waals surface area contributed by atoms with Crippen LogP contribution in [0.1, 0.15) is 47.5 Å². The van der Waals surface area contributed by atoms with Gasteiger partial charge in [0.05, 0.1) is 15.6 Å². The van der Waals surface area contributed by atoms with Gasteiger partial charge < -0.3 is 10.4 Å². The predicted molar refractivity (Wildman–Crippen MR) is 74.4 cm³/mol. The number of aliphatic hydroxyl groups is 1. The van der Waals surface area contributed by atoms with Crippen molar-refractivity contribution in [1.29, 1.82) is 0 Å². The van der Waals surface area contributed by atoms with Crippen LogP contribution >= 0.6 is 0 Å². The summed E-state index contributed by atoms with van der Waals surface area (Å²) in [6, 6.07) is 0. The highest BCUT2D eigenvalue weighted by molar-refractivity contribution is 7.94. The van der Waals surface area contributed by atoms with Gasteiger partial charge in [0.15, 0.2) is 9.84 Å². The molecule has 1 rings (SSSR count). The van der Waals surface area contributed by atoms with Crippen molar-refractivity contribution in [2.24, 2.45) is 5.41 Å². The molecule has 0 aromatic carbocycles. The zero-order valence-corrected chi connectivity index (χ0v) is 13.2. The Bertz CT molecular complexity index is 402. The molecule has 0 heterocycles. The van der Waals surface area contributed by atoms with Gasteiger partial charge in [-0.2, -0.15) is 0 Å². The number of hydrogen-bond acceptors (Lipinski definition) is 4. The van der Waals surface area contributed by atoms with E-state index >= 15 is 0 Å². The summed E-state index contributed by atoms with van der Waals surface area (Å²) in [7, 11) is -1.69. The molecule has 0 bridgehead atoms. The molecule has 1 aliphatic carbocycles. The average Bonchev–Trinajstić information content (AvgIpc) is 2.96. The van der Waals surface area contributed by atoms with E-state index in [-0.39, 0.29) is 12.0 Å². The van der Waals surface area contributed by atoms with Gasteiger partial charge in [-0.3, -0.25) is 0 Å². The van der Waals surface area contributed by atoms with Crippen LogP contribution in [-0.4, -0.2) is 42.7 Å². The summed E-state index contributed by atoms with van der Waals surface area (Å²) in [6.45, 7) is 9.47. The summed E-state index contributed by atoms with van der Waals surface area (Å²) < 4.78 is 24.0. The van der Waals surface area contributed by atoms with Crippen molar-refractivity contribution < 1.29 is 13.5 Å². The molecule has 0 aromatic heterocycles. The van der Waals surface area contributed by atoms with Crippen molar-refractivity contribution in [3.05, 3.63) is 0 Å². The minimum absolute atomic E-state index is 0.284. The zero-order chi connectivity index (χ0) is 14.4. The Kier molecular flexibility index (Phi) is 3.94. The fourth-order valence-electron chi connectivity index (χ4n) is 2.66. The van der Waals surface area contributed by atoms with E-state index in [1.165, 1.54) is 0 Å². The SMILES string of the molecule is CNCC(O)C(C)(C)S(=O)(=O)C1(C(C)(C)C)CC1. The first kappa shape index (κ1) is 15.9. The second-order valence-corrected chi connectivity index (χ2v) is 9.77. The number of likely N-dealkylation sites (N-methyl/N-ethyl adjacent to an activating group) is 1. The van der Waals surface area contributed by atoms with Gasteiger partial charge in [-0.15, -0.1) is 0 Å². The summed E-state index contributed by atoms with van der Waals surface area (Å²) >= 11 is 0. The molecule has 1 unspecified atom stereocenters. The van der Waals surface area contributed by atoms with Crippen LogP contribution in [0.2, 0.25) is 0 Å². The van der Waals surface area contributed by atoms with Gasteiger partial charge in [-0.1, -0.05) is 20.8 Å². The van der Waals surface area contributed by atoms with Crippen molar-refractivity contribution in [3.8, 4) is 0 Å². The Labute approximate surface area is 111 Å². The van der Waals surface area contributed by atoms with Gasteiger partial charge in [-0.05, 0) is 39.2 Å². The highest BCUT2D eigenvalue weighted by Gasteiger charge is 2.66. The standard InChI is InChI=1S/C13H27NO3S/c1-11(2,3)13(7-8-13)18(16,17)12(4,5)10(15)9-14-6/h10,14-15H,7-9H2,1-6H3. The molecule has 1 fully saturated rings. The minimum Gasteiger partial charge on any atom is -0.390 e. The molecule has 0 aromatic rings. The third-order valence-corrected chi connectivity index (χ3v) is 8.18. The van der Waals surface area contributed by atoms with Gasteiger partial charge in [-0.25, -0.2) is 8.42 Å². The van der Waals surface area contributed by atoms with Gasteiger partial charge >= 0.3 is 0 Å². The van der Waals surface area contributed by atoms with Crippen molar-refractivity contribution in [3.63, 3.8) is 0 Å².